The van der Waals surface area contributed by atoms with Crippen molar-refractivity contribution in [1.29, 1.82) is 0 Å². The van der Waals surface area contributed by atoms with Gasteiger partial charge in [-0.05, 0) is 30.9 Å². The van der Waals surface area contributed by atoms with E-state index >= 15 is 0 Å². The van der Waals surface area contributed by atoms with Crippen molar-refractivity contribution in [2.24, 2.45) is 5.92 Å². The summed E-state index contributed by atoms with van der Waals surface area (Å²) in [7, 11) is 0. The summed E-state index contributed by atoms with van der Waals surface area (Å²) in [5, 5.41) is 23.6. The molecule has 3 unspecified atom stereocenters. The van der Waals surface area contributed by atoms with Crippen molar-refractivity contribution >= 4 is 23.2 Å². The molecule has 1 aromatic rings. The highest BCUT2D eigenvalue weighted by Gasteiger charge is 2.24. The SMILES string of the molecule is OC(CNCC1CCCC1O)COc1c(Cl)cccc1Cl. The average Bonchev–Trinajstić information content (AvgIpc) is 2.84. The Morgan fingerprint density at radius 2 is 2.00 bits per heavy atom. The zero-order chi connectivity index (χ0) is 15.2. The van der Waals surface area contributed by atoms with Crippen LogP contribution in [0.5, 0.6) is 5.75 Å². The summed E-state index contributed by atoms with van der Waals surface area (Å²) in [4.78, 5) is 0. The molecule has 0 spiro atoms. The van der Waals surface area contributed by atoms with E-state index in [1.807, 2.05) is 0 Å². The monoisotopic (exact) mass is 333 g/mol. The number of hydrogen-bond acceptors (Lipinski definition) is 4. The van der Waals surface area contributed by atoms with Gasteiger partial charge in [0.15, 0.2) is 5.75 Å². The van der Waals surface area contributed by atoms with Crippen LogP contribution in [0.1, 0.15) is 19.3 Å². The summed E-state index contributed by atoms with van der Waals surface area (Å²) in [5.41, 5.74) is 0. The maximum atomic E-state index is 9.90. The van der Waals surface area contributed by atoms with Crippen LogP contribution < -0.4 is 10.1 Å². The van der Waals surface area contributed by atoms with E-state index in [-0.39, 0.29) is 18.6 Å². The van der Waals surface area contributed by atoms with Gasteiger partial charge >= 0.3 is 0 Å². The van der Waals surface area contributed by atoms with Crippen molar-refractivity contribution in [3.05, 3.63) is 28.2 Å². The number of benzene rings is 1. The summed E-state index contributed by atoms with van der Waals surface area (Å²) < 4.78 is 5.47. The first-order valence-corrected chi connectivity index (χ1v) is 7.97. The van der Waals surface area contributed by atoms with E-state index in [4.69, 9.17) is 27.9 Å². The Balaban J connectivity index is 1.69. The second-order valence-corrected chi connectivity index (χ2v) is 6.25. The first-order valence-electron chi connectivity index (χ1n) is 7.21. The number of nitrogens with one attached hydrogen (secondary N) is 1. The van der Waals surface area contributed by atoms with Crippen LogP contribution in [0.15, 0.2) is 18.2 Å². The van der Waals surface area contributed by atoms with Gasteiger partial charge in [0.2, 0.25) is 0 Å². The third kappa shape index (κ3) is 5.01. The van der Waals surface area contributed by atoms with Crippen molar-refractivity contribution < 1.29 is 14.9 Å². The van der Waals surface area contributed by atoms with Gasteiger partial charge in [0.25, 0.3) is 0 Å². The minimum absolute atomic E-state index is 0.115. The van der Waals surface area contributed by atoms with Crippen LogP contribution in [0.2, 0.25) is 10.0 Å². The topological polar surface area (TPSA) is 61.7 Å². The zero-order valence-corrected chi connectivity index (χ0v) is 13.3. The molecular formula is C15H21Cl2NO3. The van der Waals surface area contributed by atoms with Gasteiger partial charge in [0, 0.05) is 13.1 Å². The van der Waals surface area contributed by atoms with E-state index in [1.165, 1.54) is 0 Å². The minimum Gasteiger partial charge on any atom is -0.488 e. The number of rotatable bonds is 7. The second kappa shape index (κ2) is 8.20. The standard InChI is InChI=1S/C15H21Cl2NO3/c16-12-4-2-5-13(17)15(12)21-9-11(19)8-18-7-10-3-1-6-14(10)20/h2,4-5,10-11,14,18-20H,1,3,6-9H2. The van der Waals surface area contributed by atoms with Crippen LogP contribution in [0.25, 0.3) is 0 Å². The molecule has 3 N–H and O–H groups in total. The Labute approximate surface area is 135 Å². The fraction of sp³-hybridized carbons (Fsp3) is 0.600. The van der Waals surface area contributed by atoms with Crippen molar-refractivity contribution in [3.8, 4) is 5.75 Å². The Kier molecular flexibility index (Phi) is 6.58. The quantitative estimate of drug-likeness (QED) is 0.717. The highest BCUT2D eigenvalue weighted by molar-refractivity contribution is 6.37. The molecule has 0 heterocycles. The molecule has 0 aliphatic heterocycles. The van der Waals surface area contributed by atoms with Crippen LogP contribution in [-0.2, 0) is 0 Å². The largest absolute Gasteiger partial charge is 0.488 e. The van der Waals surface area contributed by atoms with Crippen LogP contribution >= 0.6 is 23.2 Å². The minimum atomic E-state index is -0.657. The van der Waals surface area contributed by atoms with Gasteiger partial charge in [0.1, 0.15) is 12.7 Å². The third-order valence-corrected chi connectivity index (χ3v) is 4.34. The third-order valence-electron chi connectivity index (χ3n) is 3.74. The van der Waals surface area contributed by atoms with Crippen molar-refractivity contribution in [2.45, 2.75) is 31.5 Å². The van der Waals surface area contributed by atoms with E-state index in [0.717, 1.165) is 19.3 Å². The van der Waals surface area contributed by atoms with Gasteiger partial charge in [-0.2, -0.15) is 0 Å². The number of hydrogen-bond donors (Lipinski definition) is 3. The van der Waals surface area contributed by atoms with E-state index in [0.29, 0.717) is 28.9 Å². The van der Waals surface area contributed by atoms with Gasteiger partial charge < -0.3 is 20.3 Å². The molecule has 1 aromatic carbocycles. The average molecular weight is 334 g/mol. The lowest BCUT2D eigenvalue weighted by Gasteiger charge is -2.18. The zero-order valence-electron chi connectivity index (χ0n) is 11.8. The fourth-order valence-corrected chi connectivity index (χ4v) is 3.06. The van der Waals surface area contributed by atoms with Crippen molar-refractivity contribution in [1.82, 2.24) is 5.32 Å². The maximum Gasteiger partial charge on any atom is 0.156 e. The predicted molar refractivity (Wildman–Crippen MR) is 84.2 cm³/mol. The molecular weight excluding hydrogens is 313 g/mol. The highest BCUT2D eigenvalue weighted by atomic mass is 35.5. The Morgan fingerprint density at radius 1 is 1.29 bits per heavy atom. The van der Waals surface area contributed by atoms with Gasteiger partial charge in [-0.1, -0.05) is 35.7 Å². The molecule has 0 aromatic heterocycles. The lowest BCUT2D eigenvalue weighted by molar-refractivity contribution is 0.0982. The summed E-state index contributed by atoms with van der Waals surface area (Å²) >= 11 is 12.0. The summed E-state index contributed by atoms with van der Waals surface area (Å²) in [6.07, 6.45) is 2.12. The van der Waals surface area contributed by atoms with Crippen molar-refractivity contribution in [2.75, 3.05) is 19.7 Å². The molecule has 1 saturated carbocycles. The number of ether oxygens (including phenoxy) is 1. The first kappa shape index (κ1) is 16.8. The predicted octanol–water partition coefficient (Wildman–Crippen LogP) is 2.48. The number of para-hydroxylation sites is 1. The van der Waals surface area contributed by atoms with Gasteiger partial charge in [0.05, 0.1) is 16.1 Å². The Morgan fingerprint density at radius 3 is 2.62 bits per heavy atom. The van der Waals surface area contributed by atoms with Crippen LogP contribution in [0.4, 0.5) is 0 Å². The first-order chi connectivity index (χ1) is 10.1. The van der Waals surface area contributed by atoms with Crippen LogP contribution in [-0.4, -0.2) is 42.1 Å². The molecule has 0 amide bonds. The van der Waals surface area contributed by atoms with Gasteiger partial charge in [-0.3, -0.25) is 0 Å². The van der Waals surface area contributed by atoms with Crippen molar-refractivity contribution in [3.63, 3.8) is 0 Å². The smallest absolute Gasteiger partial charge is 0.156 e. The Bertz CT molecular complexity index is 438. The van der Waals surface area contributed by atoms with E-state index in [1.54, 1.807) is 18.2 Å². The van der Waals surface area contributed by atoms with Gasteiger partial charge in [-0.25, -0.2) is 0 Å². The maximum absolute atomic E-state index is 9.90. The summed E-state index contributed by atoms with van der Waals surface area (Å²) in [6, 6.07) is 5.12. The molecule has 1 aliphatic rings. The normalized spacial score (nSPS) is 23.2. The highest BCUT2D eigenvalue weighted by Crippen LogP contribution is 2.32. The lowest BCUT2D eigenvalue weighted by Crippen LogP contribution is -2.36. The molecule has 1 fully saturated rings. The van der Waals surface area contributed by atoms with Crippen LogP contribution in [0.3, 0.4) is 0 Å². The van der Waals surface area contributed by atoms with E-state index < -0.39 is 6.10 Å². The number of aliphatic hydroxyl groups excluding tert-OH is 2. The number of halogens is 2. The summed E-state index contributed by atoms with van der Waals surface area (Å²) in [5.74, 6) is 0.683. The lowest BCUT2D eigenvalue weighted by atomic mass is 10.1. The molecule has 0 radical (unpaired) electrons. The number of aliphatic hydroxyl groups is 2. The molecule has 3 atom stereocenters. The molecule has 21 heavy (non-hydrogen) atoms. The second-order valence-electron chi connectivity index (χ2n) is 5.43. The molecule has 4 nitrogen and oxygen atoms in total. The molecule has 0 saturated heterocycles. The molecule has 118 valence electrons. The fourth-order valence-electron chi connectivity index (χ4n) is 2.55. The molecule has 2 rings (SSSR count). The van der Waals surface area contributed by atoms with Crippen LogP contribution in [0, 0.1) is 5.92 Å². The van der Waals surface area contributed by atoms with E-state index in [2.05, 4.69) is 5.32 Å². The Hall–Kier alpha value is -0.520. The summed E-state index contributed by atoms with van der Waals surface area (Å²) in [6.45, 7) is 1.24. The van der Waals surface area contributed by atoms with E-state index in [9.17, 15) is 10.2 Å². The van der Waals surface area contributed by atoms with Gasteiger partial charge in [-0.15, -0.1) is 0 Å². The molecule has 6 heteroatoms. The molecule has 1 aliphatic carbocycles. The molecule has 0 bridgehead atoms.